The van der Waals surface area contributed by atoms with Crippen molar-refractivity contribution >= 4 is 40.8 Å². The van der Waals surface area contributed by atoms with Crippen LogP contribution in [0.3, 0.4) is 0 Å². The van der Waals surface area contributed by atoms with Crippen LogP contribution in [-0.4, -0.2) is 24.3 Å². The van der Waals surface area contributed by atoms with Crippen LogP contribution in [0.1, 0.15) is 57.8 Å². The first kappa shape index (κ1) is 20.3. The average molecular weight is 424 g/mol. The topological polar surface area (TPSA) is 78.5 Å². The van der Waals surface area contributed by atoms with Gasteiger partial charge in [-0.1, -0.05) is 18.6 Å². The number of carbonyl (C=O) groups is 3. The van der Waals surface area contributed by atoms with Gasteiger partial charge in [-0.05, 0) is 67.5 Å². The van der Waals surface area contributed by atoms with Gasteiger partial charge in [-0.25, -0.2) is 0 Å². The quantitative estimate of drug-likeness (QED) is 0.448. The van der Waals surface area contributed by atoms with Gasteiger partial charge in [-0.2, -0.15) is 0 Å². The van der Waals surface area contributed by atoms with E-state index in [0.29, 0.717) is 11.3 Å². The van der Waals surface area contributed by atoms with Gasteiger partial charge in [0, 0.05) is 29.6 Å². The number of nitrogens with one attached hydrogen (secondary N) is 2. The Balaban J connectivity index is 1.28. The number of thiophene rings is 1. The van der Waals surface area contributed by atoms with Crippen LogP contribution in [0.25, 0.3) is 6.08 Å². The monoisotopic (exact) mass is 423 g/mol. The Bertz CT molecular complexity index is 955. The molecule has 1 aliphatic carbocycles. The molecule has 0 bridgehead atoms. The van der Waals surface area contributed by atoms with Crippen LogP contribution in [-0.2, 0) is 22.4 Å². The first-order valence-electron chi connectivity index (χ1n) is 10.4. The van der Waals surface area contributed by atoms with Crippen molar-refractivity contribution in [2.75, 3.05) is 11.4 Å². The number of nitrogens with zero attached hydrogens (tertiary/aromatic N) is 1. The van der Waals surface area contributed by atoms with Gasteiger partial charge >= 0.3 is 0 Å². The second-order valence-electron chi connectivity index (χ2n) is 7.64. The Morgan fingerprint density at radius 3 is 2.53 bits per heavy atom. The molecule has 0 radical (unpaired) electrons. The molecule has 3 amide bonds. The number of hydrogen-bond donors (Lipinski definition) is 2. The highest BCUT2D eigenvalue weighted by Gasteiger charge is 2.21. The van der Waals surface area contributed by atoms with Crippen LogP contribution in [0.5, 0.6) is 0 Å². The molecule has 1 aromatic carbocycles. The fourth-order valence-electron chi connectivity index (χ4n) is 3.86. The van der Waals surface area contributed by atoms with Crippen LogP contribution in [0, 0.1) is 0 Å². The molecule has 30 heavy (non-hydrogen) atoms. The van der Waals surface area contributed by atoms with Crippen molar-refractivity contribution < 1.29 is 14.4 Å². The molecule has 0 unspecified atom stereocenters. The minimum atomic E-state index is -0.403. The van der Waals surface area contributed by atoms with E-state index >= 15 is 0 Å². The van der Waals surface area contributed by atoms with Crippen LogP contribution in [0.4, 0.5) is 5.69 Å². The summed E-state index contributed by atoms with van der Waals surface area (Å²) in [7, 11) is 0. The standard InChI is InChI=1S/C23H25N3O3S/c27-21(13-10-16-8-11-18(12-9-16)26-14-4-7-22(26)28)24-25-23(29)20-15-17-5-2-1-3-6-19(17)30-20/h8-13,15H,1-7,14H2,(H,24,27)(H,25,29)/b13-10+. The van der Waals surface area contributed by atoms with E-state index in [1.54, 1.807) is 11.0 Å². The highest BCUT2D eigenvalue weighted by atomic mass is 32.1. The summed E-state index contributed by atoms with van der Waals surface area (Å²) in [5.41, 5.74) is 7.91. The maximum atomic E-state index is 12.3. The SMILES string of the molecule is O=C(/C=C/c1ccc(N2CCCC2=O)cc1)NNC(=O)c1cc2c(s1)CCCCC2. The molecule has 1 saturated heterocycles. The van der Waals surface area contributed by atoms with Gasteiger partial charge in [0.1, 0.15) is 0 Å². The lowest BCUT2D eigenvalue weighted by atomic mass is 10.1. The summed E-state index contributed by atoms with van der Waals surface area (Å²) in [6.45, 7) is 0.753. The molecule has 0 spiro atoms. The lowest BCUT2D eigenvalue weighted by Crippen LogP contribution is -2.40. The summed E-state index contributed by atoms with van der Waals surface area (Å²) < 4.78 is 0. The van der Waals surface area contributed by atoms with Gasteiger partial charge in [0.25, 0.3) is 11.8 Å². The van der Waals surface area contributed by atoms with Gasteiger partial charge in [-0.3, -0.25) is 25.2 Å². The van der Waals surface area contributed by atoms with Gasteiger partial charge < -0.3 is 4.90 Å². The molecular formula is C23H25N3O3S. The third kappa shape index (κ3) is 4.79. The van der Waals surface area contributed by atoms with E-state index in [1.807, 2.05) is 30.3 Å². The molecule has 1 aliphatic heterocycles. The van der Waals surface area contributed by atoms with Crippen LogP contribution >= 0.6 is 11.3 Å². The Labute approximate surface area is 179 Å². The second-order valence-corrected chi connectivity index (χ2v) is 8.77. The fourth-order valence-corrected chi connectivity index (χ4v) is 5.01. The number of hydrazine groups is 1. The predicted octanol–water partition coefficient (Wildman–Crippen LogP) is 3.62. The Hall–Kier alpha value is -2.93. The van der Waals surface area contributed by atoms with Crippen molar-refractivity contribution in [3.8, 4) is 0 Å². The van der Waals surface area contributed by atoms with Crippen molar-refractivity contribution in [2.24, 2.45) is 0 Å². The summed E-state index contributed by atoms with van der Waals surface area (Å²) in [5, 5.41) is 0. The minimum Gasteiger partial charge on any atom is -0.312 e. The Kier molecular flexibility index (Phi) is 6.28. The highest BCUT2D eigenvalue weighted by Crippen LogP contribution is 2.28. The van der Waals surface area contributed by atoms with E-state index in [4.69, 9.17) is 0 Å². The van der Waals surface area contributed by atoms with Crippen molar-refractivity contribution in [1.29, 1.82) is 0 Å². The van der Waals surface area contributed by atoms with Crippen molar-refractivity contribution in [3.63, 3.8) is 0 Å². The normalized spacial score (nSPS) is 16.4. The number of amides is 3. The smallest absolute Gasteiger partial charge is 0.279 e. The first-order chi connectivity index (χ1) is 14.6. The van der Waals surface area contributed by atoms with Gasteiger partial charge in [0.15, 0.2) is 0 Å². The van der Waals surface area contributed by atoms with E-state index in [9.17, 15) is 14.4 Å². The molecule has 6 nitrogen and oxygen atoms in total. The van der Waals surface area contributed by atoms with Gasteiger partial charge in [-0.15, -0.1) is 11.3 Å². The van der Waals surface area contributed by atoms with E-state index in [-0.39, 0.29) is 11.8 Å². The summed E-state index contributed by atoms with van der Waals surface area (Å²) in [6, 6.07) is 9.44. The number of carbonyl (C=O) groups excluding carboxylic acids is 3. The Morgan fingerprint density at radius 1 is 0.967 bits per heavy atom. The summed E-state index contributed by atoms with van der Waals surface area (Å²) in [4.78, 5) is 39.9. The van der Waals surface area contributed by atoms with Gasteiger partial charge in [0.05, 0.1) is 4.88 Å². The van der Waals surface area contributed by atoms with Crippen molar-refractivity contribution in [2.45, 2.75) is 44.9 Å². The molecule has 2 aromatic rings. The third-order valence-corrected chi connectivity index (χ3v) is 6.71. The molecule has 1 aromatic heterocycles. The molecule has 1 fully saturated rings. The maximum Gasteiger partial charge on any atom is 0.279 e. The van der Waals surface area contributed by atoms with Crippen molar-refractivity contribution in [3.05, 3.63) is 57.3 Å². The lowest BCUT2D eigenvalue weighted by Gasteiger charge is -2.15. The first-order valence-corrected chi connectivity index (χ1v) is 11.2. The maximum absolute atomic E-state index is 12.3. The second kappa shape index (κ2) is 9.26. The molecule has 2 aliphatic rings. The average Bonchev–Trinajstić information content (AvgIpc) is 3.31. The number of benzene rings is 1. The Morgan fingerprint density at radius 2 is 1.77 bits per heavy atom. The number of hydrogen-bond acceptors (Lipinski definition) is 4. The number of aryl methyl sites for hydroxylation is 2. The summed E-state index contributed by atoms with van der Waals surface area (Å²) in [5.74, 6) is -0.537. The van der Waals surface area contributed by atoms with Gasteiger partial charge in [0.2, 0.25) is 5.91 Å². The molecule has 7 heteroatoms. The van der Waals surface area contributed by atoms with Crippen LogP contribution in [0.2, 0.25) is 0 Å². The van der Waals surface area contributed by atoms with Crippen LogP contribution < -0.4 is 15.8 Å². The highest BCUT2D eigenvalue weighted by molar-refractivity contribution is 7.14. The van der Waals surface area contributed by atoms with E-state index < -0.39 is 5.91 Å². The van der Waals surface area contributed by atoms with Crippen molar-refractivity contribution in [1.82, 2.24) is 10.9 Å². The molecule has 2 heterocycles. The van der Waals surface area contributed by atoms with E-state index in [1.165, 1.54) is 47.1 Å². The predicted molar refractivity (Wildman–Crippen MR) is 118 cm³/mol. The minimum absolute atomic E-state index is 0.149. The van der Waals surface area contributed by atoms with E-state index in [0.717, 1.165) is 37.1 Å². The summed E-state index contributed by atoms with van der Waals surface area (Å²) >= 11 is 1.52. The molecular weight excluding hydrogens is 398 g/mol. The third-order valence-electron chi connectivity index (χ3n) is 5.47. The molecule has 0 atom stereocenters. The lowest BCUT2D eigenvalue weighted by molar-refractivity contribution is -0.117. The zero-order chi connectivity index (χ0) is 20.9. The largest absolute Gasteiger partial charge is 0.312 e. The molecule has 156 valence electrons. The van der Waals surface area contributed by atoms with E-state index in [2.05, 4.69) is 10.9 Å². The fraction of sp³-hybridized carbons (Fsp3) is 0.348. The molecule has 2 N–H and O–H groups in total. The van der Waals surface area contributed by atoms with Crippen LogP contribution in [0.15, 0.2) is 36.4 Å². The molecule has 0 saturated carbocycles. The number of rotatable bonds is 4. The number of fused-ring (bicyclic) bond motifs is 1. The zero-order valence-corrected chi connectivity index (χ0v) is 17.6. The summed E-state index contributed by atoms with van der Waals surface area (Å²) in [6.07, 6.45) is 10.2. The number of anilines is 1. The zero-order valence-electron chi connectivity index (χ0n) is 16.8. The molecule has 4 rings (SSSR count).